The molecule has 1 aromatic heterocycles. The van der Waals surface area contributed by atoms with Crippen LogP contribution < -0.4 is 10.6 Å². The van der Waals surface area contributed by atoms with E-state index < -0.39 is 0 Å². The van der Waals surface area contributed by atoms with Crippen LogP contribution in [0.15, 0.2) is 34.7 Å². The van der Waals surface area contributed by atoms with Crippen molar-refractivity contribution in [2.45, 2.75) is 20.4 Å². The summed E-state index contributed by atoms with van der Waals surface area (Å²) in [6.45, 7) is 4.75. The van der Waals surface area contributed by atoms with Gasteiger partial charge in [0, 0.05) is 18.4 Å². The van der Waals surface area contributed by atoms with Gasteiger partial charge in [0.2, 0.25) is 0 Å². The third-order valence-corrected chi connectivity index (χ3v) is 2.71. The van der Waals surface area contributed by atoms with Gasteiger partial charge >= 0.3 is 0 Å². The topological polar surface area (TPSA) is 42.4 Å². The molecule has 0 spiro atoms. The Hall–Kier alpha value is -1.90. The normalized spacial score (nSPS) is 10.5. The van der Waals surface area contributed by atoms with Gasteiger partial charge in [-0.1, -0.05) is 0 Å². The highest BCUT2D eigenvalue weighted by molar-refractivity contribution is 5.58. The molecule has 0 aliphatic carbocycles. The maximum atomic E-state index is 5.84. The van der Waals surface area contributed by atoms with Crippen LogP contribution in [0.4, 0.5) is 11.4 Å². The predicted molar refractivity (Wildman–Crippen MR) is 71.1 cm³/mol. The molecule has 2 rings (SSSR count). The first-order valence-electron chi connectivity index (χ1n) is 5.68. The van der Waals surface area contributed by atoms with Gasteiger partial charge in [-0.3, -0.25) is 0 Å². The fourth-order valence-electron chi connectivity index (χ4n) is 1.91. The maximum Gasteiger partial charge on any atom is 0.123 e. The Balaban J connectivity index is 2.16. The lowest BCUT2D eigenvalue weighted by Gasteiger charge is -2.19. The van der Waals surface area contributed by atoms with Crippen molar-refractivity contribution < 1.29 is 4.42 Å². The van der Waals surface area contributed by atoms with Crippen molar-refractivity contribution >= 4 is 11.4 Å². The molecule has 2 N–H and O–H groups in total. The molecule has 90 valence electrons. The van der Waals surface area contributed by atoms with Gasteiger partial charge in [0.25, 0.3) is 0 Å². The molecule has 17 heavy (non-hydrogen) atoms. The van der Waals surface area contributed by atoms with Gasteiger partial charge in [-0.25, -0.2) is 0 Å². The van der Waals surface area contributed by atoms with E-state index in [0.717, 1.165) is 29.4 Å². The lowest BCUT2D eigenvalue weighted by Crippen LogP contribution is -2.16. The number of hydrogen-bond donors (Lipinski definition) is 1. The second-order valence-electron chi connectivity index (χ2n) is 4.47. The van der Waals surface area contributed by atoms with Gasteiger partial charge in [0.05, 0.1) is 6.54 Å². The highest BCUT2D eigenvalue weighted by Crippen LogP contribution is 2.21. The zero-order valence-electron chi connectivity index (χ0n) is 10.5. The summed E-state index contributed by atoms with van der Waals surface area (Å²) in [6, 6.07) is 10.0. The van der Waals surface area contributed by atoms with E-state index >= 15 is 0 Å². The minimum absolute atomic E-state index is 0.747. The number of rotatable bonds is 3. The van der Waals surface area contributed by atoms with E-state index in [9.17, 15) is 0 Å². The first kappa shape index (κ1) is 11.6. The van der Waals surface area contributed by atoms with E-state index in [1.807, 2.05) is 45.2 Å². The van der Waals surface area contributed by atoms with Crippen LogP contribution >= 0.6 is 0 Å². The zero-order chi connectivity index (χ0) is 12.4. The molecule has 3 nitrogen and oxygen atoms in total. The smallest absolute Gasteiger partial charge is 0.123 e. The number of nitrogen functional groups attached to an aromatic ring is 1. The Morgan fingerprint density at radius 3 is 2.53 bits per heavy atom. The van der Waals surface area contributed by atoms with Crippen LogP contribution in [-0.4, -0.2) is 7.05 Å². The Kier molecular flexibility index (Phi) is 3.09. The SMILES string of the molecule is Cc1cc(N)cc(N(C)Cc2ccc(C)o2)c1. The molecule has 0 bridgehead atoms. The lowest BCUT2D eigenvalue weighted by atomic mass is 10.2. The molecule has 0 amide bonds. The number of hydrogen-bond acceptors (Lipinski definition) is 3. The summed E-state index contributed by atoms with van der Waals surface area (Å²) in [7, 11) is 2.03. The number of anilines is 2. The van der Waals surface area contributed by atoms with Gasteiger partial charge in [0.15, 0.2) is 0 Å². The number of nitrogens with two attached hydrogens (primary N) is 1. The molecule has 0 radical (unpaired) electrons. The summed E-state index contributed by atoms with van der Waals surface area (Å²) in [5.74, 6) is 1.90. The van der Waals surface area contributed by atoms with Crippen molar-refractivity contribution in [1.29, 1.82) is 0 Å². The molecule has 0 atom stereocenters. The Bertz CT molecular complexity index is 496. The number of aryl methyl sites for hydroxylation is 2. The molecule has 0 aliphatic heterocycles. The molecule has 3 heteroatoms. The number of nitrogens with zero attached hydrogens (tertiary/aromatic N) is 1. The van der Waals surface area contributed by atoms with E-state index in [4.69, 9.17) is 10.2 Å². The van der Waals surface area contributed by atoms with Gasteiger partial charge < -0.3 is 15.1 Å². The largest absolute Gasteiger partial charge is 0.464 e. The van der Waals surface area contributed by atoms with Crippen LogP contribution in [0.25, 0.3) is 0 Å². The van der Waals surface area contributed by atoms with Crippen LogP contribution in [0.1, 0.15) is 17.1 Å². The fourth-order valence-corrected chi connectivity index (χ4v) is 1.91. The fraction of sp³-hybridized carbons (Fsp3) is 0.286. The summed E-state index contributed by atoms with van der Waals surface area (Å²) in [4.78, 5) is 2.13. The molecular formula is C14H18N2O. The summed E-state index contributed by atoms with van der Waals surface area (Å²) in [5.41, 5.74) is 8.92. The third-order valence-electron chi connectivity index (χ3n) is 2.71. The average molecular weight is 230 g/mol. The van der Waals surface area contributed by atoms with Gasteiger partial charge in [-0.15, -0.1) is 0 Å². The van der Waals surface area contributed by atoms with Crippen LogP contribution in [0, 0.1) is 13.8 Å². The van der Waals surface area contributed by atoms with Crippen molar-refractivity contribution in [1.82, 2.24) is 0 Å². The Labute approximate surface area is 102 Å². The van der Waals surface area contributed by atoms with Crippen molar-refractivity contribution in [3.8, 4) is 0 Å². The second-order valence-corrected chi connectivity index (χ2v) is 4.47. The minimum Gasteiger partial charge on any atom is -0.464 e. The molecule has 0 aliphatic rings. The average Bonchev–Trinajstić information content (AvgIpc) is 2.62. The van der Waals surface area contributed by atoms with Gasteiger partial charge in [-0.2, -0.15) is 0 Å². The van der Waals surface area contributed by atoms with Crippen LogP contribution in [0.3, 0.4) is 0 Å². The van der Waals surface area contributed by atoms with E-state index in [1.165, 1.54) is 5.56 Å². The minimum atomic E-state index is 0.747. The van der Waals surface area contributed by atoms with Crippen LogP contribution in [0.2, 0.25) is 0 Å². The Morgan fingerprint density at radius 1 is 1.18 bits per heavy atom. The van der Waals surface area contributed by atoms with Crippen LogP contribution in [0.5, 0.6) is 0 Å². The molecule has 0 saturated carbocycles. The van der Waals surface area contributed by atoms with Gasteiger partial charge in [-0.05, 0) is 49.7 Å². The van der Waals surface area contributed by atoms with Crippen LogP contribution in [-0.2, 0) is 6.54 Å². The van der Waals surface area contributed by atoms with Crippen molar-refractivity contribution in [3.63, 3.8) is 0 Å². The van der Waals surface area contributed by atoms with E-state index in [-0.39, 0.29) is 0 Å². The molecule has 1 heterocycles. The highest BCUT2D eigenvalue weighted by atomic mass is 16.3. The number of furan rings is 1. The maximum absolute atomic E-state index is 5.84. The predicted octanol–water partition coefficient (Wildman–Crippen LogP) is 3.12. The quantitative estimate of drug-likeness (QED) is 0.824. The first-order valence-corrected chi connectivity index (χ1v) is 5.68. The molecule has 2 aromatic rings. The third kappa shape index (κ3) is 2.81. The van der Waals surface area contributed by atoms with E-state index in [0.29, 0.717) is 0 Å². The van der Waals surface area contributed by atoms with Gasteiger partial charge in [0.1, 0.15) is 11.5 Å². The first-order chi connectivity index (χ1) is 8.04. The van der Waals surface area contributed by atoms with Crippen molar-refractivity contribution in [2.24, 2.45) is 0 Å². The van der Waals surface area contributed by atoms with E-state index in [1.54, 1.807) is 0 Å². The summed E-state index contributed by atoms with van der Waals surface area (Å²) in [6.07, 6.45) is 0. The molecule has 0 saturated heterocycles. The van der Waals surface area contributed by atoms with Crippen molar-refractivity contribution in [2.75, 3.05) is 17.7 Å². The second kappa shape index (κ2) is 4.53. The standard InChI is InChI=1S/C14H18N2O/c1-10-6-12(15)8-13(7-10)16(3)9-14-5-4-11(2)17-14/h4-8H,9,15H2,1-3H3. The van der Waals surface area contributed by atoms with Crippen molar-refractivity contribution in [3.05, 3.63) is 47.4 Å². The zero-order valence-corrected chi connectivity index (χ0v) is 10.5. The molecule has 0 unspecified atom stereocenters. The number of benzene rings is 1. The van der Waals surface area contributed by atoms with E-state index in [2.05, 4.69) is 11.0 Å². The summed E-state index contributed by atoms with van der Waals surface area (Å²) >= 11 is 0. The molecular weight excluding hydrogens is 212 g/mol. The summed E-state index contributed by atoms with van der Waals surface area (Å²) in [5, 5.41) is 0. The lowest BCUT2D eigenvalue weighted by molar-refractivity contribution is 0.482. The highest BCUT2D eigenvalue weighted by Gasteiger charge is 2.06. The monoisotopic (exact) mass is 230 g/mol. The molecule has 1 aromatic carbocycles. The molecule has 0 fully saturated rings. The summed E-state index contributed by atoms with van der Waals surface area (Å²) < 4.78 is 5.56. The Morgan fingerprint density at radius 2 is 1.94 bits per heavy atom.